The molecular formula is C13H14N2S. The highest BCUT2D eigenvalue weighted by molar-refractivity contribution is 7.22. The number of fused-ring (bicyclic) bond motifs is 1. The van der Waals surface area contributed by atoms with Crippen LogP contribution < -0.4 is 5.32 Å². The van der Waals surface area contributed by atoms with Crippen LogP contribution in [0.1, 0.15) is 19.3 Å². The zero-order chi connectivity index (χ0) is 10.8. The minimum Gasteiger partial charge on any atom is -0.358 e. The number of nitrogens with zero attached hydrogens (tertiary/aromatic N) is 1. The summed E-state index contributed by atoms with van der Waals surface area (Å²) in [6.07, 6.45) is 8.04. The van der Waals surface area contributed by atoms with E-state index in [0.29, 0.717) is 6.04 Å². The van der Waals surface area contributed by atoms with Crippen molar-refractivity contribution < 1.29 is 0 Å². The van der Waals surface area contributed by atoms with E-state index in [2.05, 4.69) is 40.7 Å². The summed E-state index contributed by atoms with van der Waals surface area (Å²) in [5, 5.41) is 4.58. The van der Waals surface area contributed by atoms with Crippen LogP contribution in [-0.2, 0) is 0 Å². The minimum absolute atomic E-state index is 0.561. The highest BCUT2D eigenvalue weighted by Gasteiger charge is 2.11. The van der Waals surface area contributed by atoms with Gasteiger partial charge >= 0.3 is 0 Å². The van der Waals surface area contributed by atoms with Crippen molar-refractivity contribution in [1.29, 1.82) is 0 Å². The Hall–Kier alpha value is -1.35. The molecule has 3 heteroatoms. The first-order valence-corrected chi connectivity index (χ1v) is 6.50. The van der Waals surface area contributed by atoms with Gasteiger partial charge in [0.2, 0.25) is 0 Å². The quantitative estimate of drug-likeness (QED) is 0.793. The summed E-state index contributed by atoms with van der Waals surface area (Å²) in [5.74, 6) is 0. The second kappa shape index (κ2) is 4.26. The summed E-state index contributed by atoms with van der Waals surface area (Å²) in [4.78, 5) is 4.59. The molecule has 1 heterocycles. The Morgan fingerprint density at radius 2 is 2.19 bits per heavy atom. The Labute approximate surface area is 99.0 Å². The van der Waals surface area contributed by atoms with Crippen molar-refractivity contribution in [2.45, 2.75) is 25.3 Å². The van der Waals surface area contributed by atoms with Crippen LogP contribution in [0.15, 0.2) is 36.4 Å². The molecule has 1 atom stereocenters. The van der Waals surface area contributed by atoms with Crippen molar-refractivity contribution in [3.8, 4) is 0 Å². The molecule has 82 valence electrons. The number of benzene rings is 1. The molecule has 0 bridgehead atoms. The average Bonchev–Trinajstić information content (AvgIpc) is 2.72. The summed E-state index contributed by atoms with van der Waals surface area (Å²) >= 11 is 1.74. The Morgan fingerprint density at radius 1 is 1.25 bits per heavy atom. The maximum atomic E-state index is 4.59. The van der Waals surface area contributed by atoms with Gasteiger partial charge in [0.25, 0.3) is 0 Å². The zero-order valence-electron chi connectivity index (χ0n) is 9.02. The molecule has 0 fully saturated rings. The van der Waals surface area contributed by atoms with Crippen molar-refractivity contribution in [3.63, 3.8) is 0 Å². The maximum absolute atomic E-state index is 4.59. The largest absolute Gasteiger partial charge is 0.358 e. The van der Waals surface area contributed by atoms with Crippen LogP contribution in [0.25, 0.3) is 10.2 Å². The number of hydrogen-bond donors (Lipinski definition) is 1. The van der Waals surface area contributed by atoms with Crippen molar-refractivity contribution in [2.24, 2.45) is 0 Å². The number of aromatic nitrogens is 1. The molecule has 16 heavy (non-hydrogen) atoms. The molecule has 1 N–H and O–H groups in total. The second-order valence-corrected chi connectivity index (χ2v) is 5.14. The van der Waals surface area contributed by atoms with Gasteiger partial charge in [0.1, 0.15) is 0 Å². The molecule has 2 aromatic rings. The van der Waals surface area contributed by atoms with E-state index in [9.17, 15) is 0 Å². The Bertz CT molecular complexity index is 482. The lowest BCUT2D eigenvalue weighted by Crippen LogP contribution is -2.19. The van der Waals surface area contributed by atoms with Gasteiger partial charge in [0.05, 0.1) is 10.2 Å². The van der Waals surface area contributed by atoms with E-state index < -0.39 is 0 Å². The van der Waals surface area contributed by atoms with Gasteiger partial charge in [-0.05, 0) is 31.4 Å². The number of rotatable bonds is 2. The second-order valence-electron chi connectivity index (χ2n) is 4.11. The van der Waals surface area contributed by atoms with E-state index in [1.54, 1.807) is 11.3 Å². The standard InChI is InChI=1S/C13H14N2S/c1-2-6-10(7-3-1)14-13-15-11-8-4-5-9-12(11)16-13/h1-2,4-5,8-10H,3,6-7H2,(H,14,15). The molecular weight excluding hydrogens is 216 g/mol. The highest BCUT2D eigenvalue weighted by atomic mass is 32.1. The van der Waals surface area contributed by atoms with Crippen molar-refractivity contribution >= 4 is 26.7 Å². The predicted molar refractivity (Wildman–Crippen MR) is 70.0 cm³/mol. The number of nitrogens with one attached hydrogen (secondary N) is 1. The topological polar surface area (TPSA) is 24.9 Å². The fourth-order valence-electron chi connectivity index (χ4n) is 2.03. The third kappa shape index (κ3) is 1.95. The fraction of sp³-hybridized carbons (Fsp3) is 0.308. The van der Waals surface area contributed by atoms with E-state index >= 15 is 0 Å². The van der Waals surface area contributed by atoms with E-state index in [1.165, 1.54) is 17.5 Å². The van der Waals surface area contributed by atoms with E-state index in [-0.39, 0.29) is 0 Å². The summed E-state index contributed by atoms with van der Waals surface area (Å²) in [7, 11) is 0. The van der Waals surface area contributed by atoms with Gasteiger partial charge in [-0.3, -0.25) is 0 Å². The van der Waals surface area contributed by atoms with Gasteiger partial charge in [-0.25, -0.2) is 4.98 Å². The molecule has 1 aliphatic carbocycles. The Morgan fingerprint density at radius 3 is 3.00 bits per heavy atom. The predicted octanol–water partition coefficient (Wildman–Crippen LogP) is 3.82. The number of anilines is 1. The third-order valence-electron chi connectivity index (χ3n) is 2.89. The van der Waals surface area contributed by atoms with Crippen LogP contribution in [0, 0.1) is 0 Å². The number of thiazole rings is 1. The number of allylic oxidation sites excluding steroid dienone is 1. The zero-order valence-corrected chi connectivity index (χ0v) is 9.83. The first-order chi connectivity index (χ1) is 7.92. The highest BCUT2D eigenvalue weighted by Crippen LogP contribution is 2.27. The van der Waals surface area contributed by atoms with Crippen LogP contribution in [0.4, 0.5) is 5.13 Å². The molecule has 0 saturated heterocycles. The molecule has 0 amide bonds. The molecule has 0 saturated carbocycles. The number of para-hydroxylation sites is 1. The van der Waals surface area contributed by atoms with Gasteiger partial charge in [-0.15, -0.1) is 0 Å². The summed E-state index contributed by atoms with van der Waals surface area (Å²) in [6.45, 7) is 0. The lowest BCUT2D eigenvalue weighted by atomic mass is 10.0. The summed E-state index contributed by atoms with van der Waals surface area (Å²) in [5.41, 5.74) is 1.10. The first kappa shape index (κ1) is 9.85. The lowest BCUT2D eigenvalue weighted by Gasteiger charge is -2.18. The van der Waals surface area contributed by atoms with E-state index in [0.717, 1.165) is 17.1 Å². The van der Waals surface area contributed by atoms with Gasteiger partial charge in [-0.1, -0.05) is 35.6 Å². The lowest BCUT2D eigenvalue weighted by molar-refractivity contribution is 0.644. The Kier molecular flexibility index (Phi) is 2.62. The SMILES string of the molecule is C1=CCC(Nc2nc3ccccc3s2)CC1. The molecule has 0 spiro atoms. The molecule has 1 unspecified atom stereocenters. The van der Waals surface area contributed by atoms with E-state index in [4.69, 9.17) is 0 Å². The minimum atomic E-state index is 0.561. The number of hydrogen-bond acceptors (Lipinski definition) is 3. The van der Waals surface area contributed by atoms with Crippen LogP contribution in [0.2, 0.25) is 0 Å². The van der Waals surface area contributed by atoms with Gasteiger partial charge in [-0.2, -0.15) is 0 Å². The fourth-order valence-corrected chi connectivity index (χ4v) is 2.98. The van der Waals surface area contributed by atoms with Crippen LogP contribution >= 0.6 is 11.3 Å². The Balaban J connectivity index is 1.81. The molecule has 3 rings (SSSR count). The van der Waals surface area contributed by atoms with Crippen molar-refractivity contribution in [3.05, 3.63) is 36.4 Å². The first-order valence-electron chi connectivity index (χ1n) is 5.69. The molecule has 1 aromatic carbocycles. The molecule has 1 aliphatic rings. The smallest absolute Gasteiger partial charge is 0.184 e. The molecule has 0 aliphatic heterocycles. The van der Waals surface area contributed by atoms with Crippen LogP contribution in [0.3, 0.4) is 0 Å². The van der Waals surface area contributed by atoms with Crippen LogP contribution in [0.5, 0.6) is 0 Å². The van der Waals surface area contributed by atoms with Gasteiger partial charge < -0.3 is 5.32 Å². The van der Waals surface area contributed by atoms with Gasteiger partial charge in [0, 0.05) is 6.04 Å². The average molecular weight is 230 g/mol. The van der Waals surface area contributed by atoms with Crippen molar-refractivity contribution in [2.75, 3.05) is 5.32 Å². The molecule has 1 aromatic heterocycles. The monoisotopic (exact) mass is 230 g/mol. The molecule has 0 radical (unpaired) electrons. The molecule has 2 nitrogen and oxygen atoms in total. The normalized spacial score (nSPS) is 20.1. The maximum Gasteiger partial charge on any atom is 0.184 e. The third-order valence-corrected chi connectivity index (χ3v) is 3.86. The van der Waals surface area contributed by atoms with E-state index in [1.807, 2.05) is 6.07 Å². The van der Waals surface area contributed by atoms with Gasteiger partial charge in [0.15, 0.2) is 5.13 Å². The van der Waals surface area contributed by atoms with Crippen molar-refractivity contribution in [1.82, 2.24) is 4.98 Å². The summed E-state index contributed by atoms with van der Waals surface area (Å²) < 4.78 is 1.26. The van der Waals surface area contributed by atoms with Crippen LogP contribution in [-0.4, -0.2) is 11.0 Å². The summed E-state index contributed by atoms with van der Waals surface area (Å²) in [6, 6.07) is 8.85.